The van der Waals surface area contributed by atoms with Gasteiger partial charge >= 0.3 is 0 Å². The molecular formula is C12H23N3O2. The quantitative estimate of drug-likeness (QED) is 0.749. The van der Waals surface area contributed by atoms with Crippen molar-refractivity contribution in [2.75, 3.05) is 13.2 Å². The van der Waals surface area contributed by atoms with Crippen molar-refractivity contribution in [1.82, 2.24) is 15.0 Å². The number of aromatic nitrogens is 2. The van der Waals surface area contributed by atoms with Crippen LogP contribution < -0.4 is 0 Å². The van der Waals surface area contributed by atoms with Crippen molar-refractivity contribution < 1.29 is 9.63 Å². The van der Waals surface area contributed by atoms with Gasteiger partial charge in [-0.15, -0.1) is 0 Å². The molecule has 1 rings (SSSR count). The fraction of sp³-hybridized carbons (Fsp3) is 0.833. The molecule has 1 heterocycles. The molecule has 0 amide bonds. The molecule has 1 N–H and O–H groups in total. The van der Waals surface area contributed by atoms with Crippen molar-refractivity contribution in [3.63, 3.8) is 0 Å². The molecule has 0 atom stereocenters. The summed E-state index contributed by atoms with van der Waals surface area (Å²) in [4.78, 5) is 6.51. The van der Waals surface area contributed by atoms with E-state index >= 15 is 0 Å². The maximum atomic E-state index is 9.10. The van der Waals surface area contributed by atoms with Gasteiger partial charge in [-0.1, -0.05) is 25.9 Å². The van der Waals surface area contributed by atoms with Gasteiger partial charge in [0.15, 0.2) is 5.82 Å². The van der Waals surface area contributed by atoms with Crippen LogP contribution in [0.25, 0.3) is 0 Å². The maximum Gasteiger partial charge on any atom is 0.226 e. The molecule has 17 heavy (non-hydrogen) atoms. The number of rotatable bonds is 8. The van der Waals surface area contributed by atoms with E-state index in [1.165, 1.54) is 0 Å². The predicted molar refractivity (Wildman–Crippen MR) is 65.5 cm³/mol. The Hall–Kier alpha value is -0.940. The van der Waals surface area contributed by atoms with Crippen LogP contribution in [-0.4, -0.2) is 39.3 Å². The molecule has 0 aromatic carbocycles. The second-order valence-corrected chi connectivity index (χ2v) is 4.12. The average molecular weight is 241 g/mol. The lowest BCUT2D eigenvalue weighted by molar-refractivity contribution is 0.132. The molecule has 0 saturated carbocycles. The zero-order valence-corrected chi connectivity index (χ0v) is 11.0. The molecule has 1 aromatic heterocycles. The number of aryl methyl sites for hydroxylation is 1. The summed E-state index contributed by atoms with van der Waals surface area (Å²) in [6.45, 7) is 7.77. The highest BCUT2D eigenvalue weighted by molar-refractivity contribution is 4.87. The lowest BCUT2D eigenvalue weighted by Gasteiger charge is -2.28. The first-order valence-corrected chi connectivity index (χ1v) is 6.41. The van der Waals surface area contributed by atoms with Crippen molar-refractivity contribution in [3.05, 3.63) is 11.7 Å². The van der Waals surface area contributed by atoms with Gasteiger partial charge in [-0.3, -0.25) is 4.90 Å². The Kier molecular flexibility index (Phi) is 6.15. The van der Waals surface area contributed by atoms with Crippen LogP contribution >= 0.6 is 0 Å². The Labute approximate surface area is 103 Å². The van der Waals surface area contributed by atoms with E-state index in [1.54, 1.807) is 0 Å². The molecular weight excluding hydrogens is 218 g/mol. The largest absolute Gasteiger partial charge is 0.395 e. The summed E-state index contributed by atoms with van der Waals surface area (Å²) in [5.74, 6) is 1.38. The molecule has 0 unspecified atom stereocenters. The number of aliphatic hydroxyl groups is 1. The Balaban J connectivity index is 2.64. The first-order valence-electron chi connectivity index (χ1n) is 6.41. The van der Waals surface area contributed by atoms with Gasteiger partial charge in [0.05, 0.1) is 13.2 Å². The summed E-state index contributed by atoms with van der Waals surface area (Å²) in [6, 6.07) is 0.464. The molecule has 0 aliphatic heterocycles. The van der Waals surface area contributed by atoms with Gasteiger partial charge in [-0.05, 0) is 12.8 Å². The Morgan fingerprint density at radius 2 is 2.00 bits per heavy atom. The molecule has 0 aliphatic carbocycles. The van der Waals surface area contributed by atoms with Gasteiger partial charge in [-0.25, -0.2) is 0 Å². The minimum absolute atomic E-state index is 0.162. The molecule has 0 aliphatic rings. The number of hydrogen-bond acceptors (Lipinski definition) is 5. The fourth-order valence-electron chi connectivity index (χ4n) is 2.00. The van der Waals surface area contributed by atoms with Gasteiger partial charge in [-0.2, -0.15) is 4.98 Å². The van der Waals surface area contributed by atoms with Gasteiger partial charge in [0.2, 0.25) is 5.89 Å². The highest BCUT2D eigenvalue weighted by Gasteiger charge is 2.17. The third-order valence-corrected chi connectivity index (χ3v) is 3.00. The van der Waals surface area contributed by atoms with Crippen LogP contribution in [0.1, 0.15) is 45.3 Å². The smallest absolute Gasteiger partial charge is 0.226 e. The van der Waals surface area contributed by atoms with Crippen molar-refractivity contribution >= 4 is 0 Å². The van der Waals surface area contributed by atoms with E-state index in [-0.39, 0.29) is 6.61 Å². The van der Waals surface area contributed by atoms with Crippen LogP contribution in [0.4, 0.5) is 0 Å². The summed E-state index contributed by atoms with van der Waals surface area (Å²) in [5.41, 5.74) is 0. The van der Waals surface area contributed by atoms with Crippen molar-refractivity contribution in [2.24, 2.45) is 0 Å². The first kappa shape index (κ1) is 14.1. The summed E-state index contributed by atoms with van der Waals surface area (Å²) in [5, 5.41) is 13.1. The van der Waals surface area contributed by atoms with E-state index in [1.807, 2.05) is 6.92 Å². The average Bonchev–Trinajstić information content (AvgIpc) is 2.78. The zero-order valence-electron chi connectivity index (χ0n) is 11.0. The Morgan fingerprint density at radius 1 is 1.29 bits per heavy atom. The number of aliphatic hydroxyl groups excluding tert-OH is 1. The predicted octanol–water partition coefficient (Wildman–Crippen LogP) is 1.61. The molecule has 0 spiro atoms. The number of nitrogens with zero attached hydrogens (tertiary/aromatic N) is 3. The van der Waals surface area contributed by atoms with Crippen LogP contribution in [-0.2, 0) is 13.0 Å². The van der Waals surface area contributed by atoms with Crippen LogP contribution in [0.15, 0.2) is 4.52 Å². The van der Waals surface area contributed by atoms with Crippen LogP contribution in [0.3, 0.4) is 0 Å². The molecule has 5 nitrogen and oxygen atoms in total. The van der Waals surface area contributed by atoms with Gasteiger partial charge in [0.1, 0.15) is 0 Å². The highest BCUT2D eigenvalue weighted by atomic mass is 16.5. The molecule has 5 heteroatoms. The lowest BCUT2D eigenvalue weighted by atomic mass is 10.1. The van der Waals surface area contributed by atoms with Crippen LogP contribution in [0.2, 0.25) is 0 Å². The normalized spacial score (nSPS) is 11.6. The van der Waals surface area contributed by atoms with Crippen molar-refractivity contribution in [1.29, 1.82) is 0 Å². The molecule has 0 radical (unpaired) electrons. The summed E-state index contributed by atoms with van der Waals surface area (Å²) >= 11 is 0. The standard InChI is InChI=1S/C12H23N3O2/c1-4-10(5-2)15(7-8-16)9-11-13-12(6-3)17-14-11/h10,16H,4-9H2,1-3H3. The minimum Gasteiger partial charge on any atom is -0.395 e. The minimum atomic E-state index is 0.162. The lowest BCUT2D eigenvalue weighted by Crippen LogP contribution is -2.36. The van der Waals surface area contributed by atoms with Crippen LogP contribution in [0.5, 0.6) is 0 Å². The summed E-state index contributed by atoms with van der Waals surface area (Å²) in [6.07, 6.45) is 2.89. The van der Waals surface area contributed by atoms with E-state index in [0.29, 0.717) is 30.8 Å². The number of hydrogen-bond donors (Lipinski definition) is 1. The van der Waals surface area contributed by atoms with Gasteiger partial charge in [0.25, 0.3) is 0 Å². The van der Waals surface area contributed by atoms with Crippen molar-refractivity contribution in [3.8, 4) is 0 Å². The maximum absolute atomic E-state index is 9.10. The highest BCUT2D eigenvalue weighted by Crippen LogP contribution is 2.11. The monoisotopic (exact) mass is 241 g/mol. The van der Waals surface area contributed by atoms with Gasteiger partial charge in [0, 0.05) is 19.0 Å². The second-order valence-electron chi connectivity index (χ2n) is 4.12. The molecule has 0 saturated heterocycles. The van der Waals surface area contributed by atoms with E-state index in [9.17, 15) is 0 Å². The Morgan fingerprint density at radius 3 is 2.47 bits per heavy atom. The first-order chi connectivity index (χ1) is 8.24. The molecule has 0 bridgehead atoms. The summed E-state index contributed by atoms with van der Waals surface area (Å²) in [7, 11) is 0. The van der Waals surface area contributed by atoms with Crippen molar-refractivity contribution in [2.45, 2.75) is 52.6 Å². The van der Waals surface area contributed by atoms with Crippen LogP contribution in [0, 0.1) is 0 Å². The molecule has 0 fully saturated rings. The zero-order chi connectivity index (χ0) is 12.7. The molecule has 98 valence electrons. The van der Waals surface area contributed by atoms with E-state index in [4.69, 9.17) is 9.63 Å². The SMILES string of the molecule is CCc1nc(CN(CCO)C(CC)CC)no1. The summed E-state index contributed by atoms with van der Waals surface area (Å²) < 4.78 is 5.09. The Bertz CT molecular complexity index is 310. The fourth-order valence-corrected chi connectivity index (χ4v) is 2.00. The van der Waals surface area contributed by atoms with E-state index in [0.717, 1.165) is 19.3 Å². The molecule has 1 aromatic rings. The van der Waals surface area contributed by atoms with E-state index in [2.05, 4.69) is 28.9 Å². The topological polar surface area (TPSA) is 62.4 Å². The third kappa shape index (κ3) is 4.09. The van der Waals surface area contributed by atoms with Gasteiger partial charge < -0.3 is 9.63 Å². The van der Waals surface area contributed by atoms with E-state index < -0.39 is 0 Å². The third-order valence-electron chi connectivity index (χ3n) is 3.00. The second kappa shape index (κ2) is 7.40.